The van der Waals surface area contributed by atoms with E-state index in [9.17, 15) is 24.6 Å². The van der Waals surface area contributed by atoms with Gasteiger partial charge in [-0.3, -0.25) is 14.4 Å². The minimum atomic E-state index is -1.27. The van der Waals surface area contributed by atoms with Gasteiger partial charge in [-0.05, 0) is 24.3 Å². The molecule has 2 amide bonds. The molecule has 3 fully saturated rings. The summed E-state index contributed by atoms with van der Waals surface area (Å²) in [5.41, 5.74) is -0.344. The summed E-state index contributed by atoms with van der Waals surface area (Å²) in [6, 6.07) is 7.87. The summed E-state index contributed by atoms with van der Waals surface area (Å²) >= 11 is 3.56. The highest BCUT2D eigenvalue weighted by molar-refractivity contribution is 9.09. The highest BCUT2D eigenvalue weighted by Gasteiger charge is 2.77. The number of carbonyl (C=O) groups excluding carboxylic acids is 2. The normalized spacial score (nSPS) is 32.1. The van der Waals surface area contributed by atoms with Crippen LogP contribution in [-0.2, 0) is 25.7 Å². The summed E-state index contributed by atoms with van der Waals surface area (Å²) in [6.07, 6.45) is 1.76. The lowest BCUT2D eigenvalue weighted by atomic mass is 9.70. The number of likely N-dealkylation sites (tertiary alicyclic amines) is 1. The standard InChI is InChI=1S/C26H33BrN2O6/c1-4-10-28(13-16-8-6-5-7-9-16)24(32)22-26-12-18(27)21(35-26)19(25(33)34)20(26)23(31)29(22)17(14-30)11-15(2)3/h4-9,15,17-22,30H,1,10-14H2,2-3H3,(H,33,34)/t17-,18?,19+,20-,21+,22+,26-/m1/s1. The van der Waals surface area contributed by atoms with E-state index in [2.05, 4.69) is 22.5 Å². The van der Waals surface area contributed by atoms with Gasteiger partial charge in [-0.25, -0.2) is 0 Å². The first-order chi connectivity index (χ1) is 16.7. The SMILES string of the molecule is C=CCN(Cc1ccccc1)C(=O)[C@@H]1N([C@@H](CO)CC(C)C)C(=O)[C@H]2[C@H](C(=O)O)[C@H]3O[C@@]12CC3Br. The lowest BCUT2D eigenvalue weighted by Crippen LogP contribution is -2.59. The van der Waals surface area contributed by atoms with E-state index in [1.165, 1.54) is 4.90 Å². The number of aliphatic carboxylic acids is 1. The van der Waals surface area contributed by atoms with Crippen LogP contribution in [-0.4, -0.2) is 79.6 Å². The number of fused-ring (bicyclic) bond motifs is 1. The molecule has 3 aliphatic rings. The van der Waals surface area contributed by atoms with Crippen molar-refractivity contribution in [2.75, 3.05) is 13.2 Å². The number of carboxylic acids is 1. The minimum Gasteiger partial charge on any atom is -0.481 e. The Balaban J connectivity index is 1.79. The van der Waals surface area contributed by atoms with Gasteiger partial charge in [-0.15, -0.1) is 6.58 Å². The van der Waals surface area contributed by atoms with Crippen LogP contribution in [0.15, 0.2) is 43.0 Å². The zero-order valence-electron chi connectivity index (χ0n) is 20.0. The average Bonchev–Trinajstić information content (AvgIpc) is 3.41. The average molecular weight is 549 g/mol. The fourth-order valence-corrected chi connectivity index (χ4v) is 7.15. The van der Waals surface area contributed by atoms with E-state index in [-0.39, 0.29) is 29.8 Å². The monoisotopic (exact) mass is 548 g/mol. The van der Waals surface area contributed by atoms with Crippen LogP contribution in [0.2, 0.25) is 0 Å². The molecule has 8 nitrogen and oxygen atoms in total. The summed E-state index contributed by atoms with van der Waals surface area (Å²) in [4.78, 5) is 43.2. The van der Waals surface area contributed by atoms with Gasteiger partial charge in [-0.2, -0.15) is 0 Å². The molecule has 190 valence electrons. The number of amides is 2. The van der Waals surface area contributed by atoms with E-state index in [4.69, 9.17) is 4.74 Å². The minimum absolute atomic E-state index is 0.152. The van der Waals surface area contributed by atoms with Crippen LogP contribution in [0.4, 0.5) is 0 Å². The number of carbonyl (C=O) groups is 3. The van der Waals surface area contributed by atoms with Crippen molar-refractivity contribution in [3.05, 3.63) is 48.6 Å². The highest BCUT2D eigenvalue weighted by atomic mass is 79.9. The molecule has 0 aliphatic carbocycles. The third-order valence-electron chi connectivity index (χ3n) is 7.47. The second-order valence-electron chi connectivity index (χ2n) is 10.2. The first-order valence-corrected chi connectivity index (χ1v) is 13.0. The van der Waals surface area contributed by atoms with Crippen molar-refractivity contribution in [3.63, 3.8) is 0 Å². The number of hydrogen-bond acceptors (Lipinski definition) is 5. The highest BCUT2D eigenvalue weighted by Crippen LogP contribution is 2.60. The number of rotatable bonds is 10. The van der Waals surface area contributed by atoms with Gasteiger partial charge in [0.05, 0.1) is 30.6 Å². The molecule has 0 saturated carbocycles. The number of benzene rings is 1. The van der Waals surface area contributed by atoms with Gasteiger partial charge < -0.3 is 24.7 Å². The maximum absolute atomic E-state index is 14.3. The van der Waals surface area contributed by atoms with E-state index in [1.54, 1.807) is 11.0 Å². The Labute approximate surface area is 214 Å². The molecule has 0 radical (unpaired) electrons. The summed E-state index contributed by atoms with van der Waals surface area (Å²) in [5, 5.41) is 20.3. The first-order valence-electron chi connectivity index (χ1n) is 12.1. The molecule has 35 heavy (non-hydrogen) atoms. The predicted octanol–water partition coefficient (Wildman–Crippen LogP) is 2.44. The van der Waals surface area contributed by atoms with Crippen molar-refractivity contribution in [2.45, 2.75) is 61.8 Å². The Kier molecular flexibility index (Phi) is 7.41. The van der Waals surface area contributed by atoms with E-state index < -0.39 is 47.5 Å². The Morgan fingerprint density at radius 1 is 1.34 bits per heavy atom. The fraction of sp³-hybridized carbons (Fsp3) is 0.577. The molecular formula is C26H33BrN2O6. The van der Waals surface area contributed by atoms with Gasteiger partial charge in [0.1, 0.15) is 11.6 Å². The van der Waals surface area contributed by atoms with Crippen molar-refractivity contribution in [1.82, 2.24) is 9.80 Å². The quantitative estimate of drug-likeness (QED) is 0.343. The first kappa shape index (κ1) is 25.9. The third-order valence-corrected chi connectivity index (χ3v) is 8.32. The molecule has 3 saturated heterocycles. The molecule has 2 N–H and O–H groups in total. The summed E-state index contributed by atoms with van der Waals surface area (Å²) in [7, 11) is 0. The topological polar surface area (TPSA) is 107 Å². The van der Waals surface area contributed by atoms with Crippen LogP contribution in [0.5, 0.6) is 0 Å². The Morgan fingerprint density at radius 2 is 2.03 bits per heavy atom. The van der Waals surface area contributed by atoms with Gasteiger partial charge >= 0.3 is 5.97 Å². The molecule has 1 unspecified atom stereocenters. The summed E-state index contributed by atoms with van der Waals surface area (Å²) in [6.45, 7) is 8.01. The van der Waals surface area contributed by atoms with Gasteiger partial charge in [-0.1, -0.05) is 66.2 Å². The van der Waals surface area contributed by atoms with Gasteiger partial charge in [0.2, 0.25) is 11.8 Å². The lowest BCUT2D eigenvalue weighted by molar-refractivity contribution is -0.153. The van der Waals surface area contributed by atoms with E-state index in [0.29, 0.717) is 19.4 Å². The fourth-order valence-electron chi connectivity index (χ4n) is 6.21. The van der Waals surface area contributed by atoms with Crippen molar-refractivity contribution >= 4 is 33.7 Å². The Hall–Kier alpha value is -2.23. The summed E-state index contributed by atoms with van der Waals surface area (Å²) < 4.78 is 6.34. The van der Waals surface area contributed by atoms with Crippen LogP contribution in [0.1, 0.15) is 32.3 Å². The smallest absolute Gasteiger partial charge is 0.310 e. The molecule has 0 aromatic heterocycles. The van der Waals surface area contributed by atoms with Gasteiger partial charge in [0.25, 0.3) is 0 Å². The van der Waals surface area contributed by atoms with Crippen molar-refractivity contribution in [1.29, 1.82) is 0 Å². The number of aliphatic hydroxyl groups is 1. The van der Waals surface area contributed by atoms with Gasteiger partial charge in [0.15, 0.2) is 0 Å². The molecule has 9 heteroatoms. The van der Waals surface area contributed by atoms with Gasteiger partial charge in [0, 0.05) is 17.9 Å². The second kappa shape index (κ2) is 10.0. The molecule has 2 bridgehead atoms. The van der Waals surface area contributed by atoms with Crippen LogP contribution >= 0.6 is 15.9 Å². The Morgan fingerprint density at radius 3 is 2.60 bits per heavy atom. The number of nitrogens with zero attached hydrogens (tertiary/aromatic N) is 2. The molecule has 1 spiro atoms. The van der Waals surface area contributed by atoms with Crippen LogP contribution in [0, 0.1) is 17.8 Å². The second-order valence-corrected chi connectivity index (χ2v) is 11.4. The summed E-state index contributed by atoms with van der Waals surface area (Å²) in [5.74, 6) is -3.73. The molecular weight excluding hydrogens is 516 g/mol. The largest absolute Gasteiger partial charge is 0.481 e. The number of carboxylic acid groups (broad SMARTS) is 1. The van der Waals surface area contributed by atoms with Crippen LogP contribution in [0.25, 0.3) is 0 Å². The zero-order chi connectivity index (χ0) is 25.5. The van der Waals surface area contributed by atoms with Crippen LogP contribution < -0.4 is 0 Å². The number of hydrogen-bond donors (Lipinski definition) is 2. The van der Waals surface area contributed by atoms with E-state index in [0.717, 1.165) is 5.56 Å². The maximum atomic E-state index is 14.3. The zero-order valence-corrected chi connectivity index (χ0v) is 21.6. The Bertz CT molecular complexity index is 987. The molecule has 4 rings (SSSR count). The van der Waals surface area contributed by atoms with E-state index in [1.807, 2.05) is 44.2 Å². The van der Waals surface area contributed by atoms with Crippen LogP contribution in [0.3, 0.4) is 0 Å². The number of aliphatic hydroxyl groups excluding tert-OH is 1. The molecule has 7 atom stereocenters. The van der Waals surface area contributed by atoms with Crippen molar-refractivity contribution < 1.29 is 29.3 Å². The maximum Gasteiger partial charge on any atom is 0.310 e. The number of alkyl halides is 1. The van der Waals surface area contributed by atoms with Crippen molar-refractivity contribution in [3.8, 4) is 0 Å². The lowest BCUT2D eigenvalue weighted by Gasteiger charge is -2.39. The molecule has 3 heterocycles. The molecule has 1 aromatic carbocycles. The number of ether oxygens (including phenoxy) is 1. The van der Waals surface area contributed by atoms with Crippen molar-refractivity contribution in [2.24, 2.45) is 17.8 Å². The molecule has 1 aromatic rings. The van der Waals surface area contributed by atoms with E-state index >= 15 is 0 Å². The molecule has 3 aliphatic heterocycles. The number of halogens is 1. The third kappa shape index (κ3) is 4.32. The predicted molar refractivity (Wildman–Crippen MR) is 133 cm³/mol.